The third kappa shape index (κ3) is 4.61. The summed E-state index contributed by atoms with van der Waals surface area (Å²) >= 11 is 0. The van der Waals surface area contributed by atoms with Crippen molar-refractivity contribution in [1.82, 2.24) is 10.0 Å². The van der Waals surface area contributed by atoms with Crippen LogP contribution >= 0.6 is 0 Å². The molecule has 2 N–H and O–H groups in total. The van der Waals surface area contributed by atoms with Crippen LogP contribution in [0.4, 0.5) is 0 Å². The second-order valence-electron chi connectivity index (χ2n) is 5.08. The van der Waals surface area contributed by atoms with E-state index in [-0.39, 0.29) is 22.9 Å². The van der Waals surface area contributed by atoms with Crippen LogP contribution in [0.1, 0.15) is 44.5 Å². The van der Waals surface area contributed by atoms with Gasteiger partial charge in [-0.25, -0.2) is 13.1 Å². The number of rotatable bonds is 6. The van der Waals surface area contributed by atoms with Crippen molar-refractivity contribution < 1.29 is 13.2 Å². The Kier molecular flexibility index (Phi) is 5.71. The molecule has 1 atom stereocenters. The summed E-state index contributed by atoms with van der Waals surface area (Å²) in [4.78, 5) is 11.9. The van der Waals surface area contributed by atoms with Crippen LogP contribution in [0.15, 0.2) is 29.2 Å². The highest BCUT2D eigenvalue weighted by Gasteiger charge is 2.17. The molecule has 0 aliphatic heterocycles. The number of hydrogen-bond acceptors (Lipinski definition) is 3. The Morgan fingerprint density at radius 3 is 2.15 bits per heavy atom. The fourth-order valence-corrected chi connectivity index (χ4v) is 2.87. The Hall–Kier alpha value is -1.40. The number of amides is 1. The largest absolute Gasteiger partial charge is 0.350 e. The predicted molar refractivity (Wildman–Crippen MR) is 79.1 cm³/mol. The van der Waals surface area contributed by atoms with E-state index in [4.69, 9.17) is 0 Å². The minimum atomic E-state index is -3.52. The smallest absolute Gasteiger partial charge is 0.251 e. The first-order valence-corrected chi connectivity index (χ1v) is 8.17. The Labute approximate surface area is 120 Å². The molecular weight excluding hydrogens is 276 g/mol. The highest BCUT2D eigenvalue weighted by molar-refractivity contribution is 7.89. The molecule has 0 saturated carbocycles. The fourth-order valence-electron chi connectivity index (χ4n) is 1.55. The molecule has 1 aromatic carbocycles. The van der Waals surface area contributed by atoms with Crippen molar-refractivity contribution in [2.75, 3.05) is 0 Å². The van der Waals surface area contributed by atoms with Gasteiger partial charge >= 0.3 is 0 Å². The molecule has 1 aromatic rings. The summed E-state index contributed by atoms with van der Waals surface area (Å²) in [7, 11) is -3.52. The van der Waals surface area contributed by atoms with Crippen molar-refractivity contribution in [2.24, 2.45) is 0 Å². The first-order chi connectivity index (χ1) is 9.26. The number of nitrogens with one attached hydrogen (secondary N) is 2. The van der Waals surface area contributed by atoms with E-state index in [0.29, 0.717) is 12.0 Å². The summed E-state index contributed by atoms with van der Waals surface area (Å²) in [5.41, 5.74) is 0.446. The Balaban J connectivity index is 2.88. The molecule has 6 heteroatoms. The number of sulfonamides is 1. The molecule has 0 bridgehead atoms. The predicted octanol–water partition coefficient (Wildman–Crippen LogP) is 1.90. The molecule has 0 aliphatic rings. The minimum Gasteiger partial charge on any atom is -0.350 e. The maximum atomic E-state index is 12.0. The van der Waals surface area contributed by atoms with Crippen molar-refractivity contribution >= 4 is 15.9 Å². The van der Waals surface area contributed by atoms with Crippen molar-refractivity contribution in [1.29, 1.82) is 0 Å². The fraction of sp³-hybridized carbons (Fsp3) is 0.500. The second kappa shape index (κ2) is 6.85. The topological polar surface area (TPSA) is 75.3 Å². The summed E-state index contributed by atoms with van der Waals surface area (Å²) in [5, 5.41) is 2.75. The molecule has 0 spiro atoms. The molecule has 1 amide bonds. The van der Waals surface area contributed by atoms with Crippen LogP contribution in [0.3, 0.4) is 0 Å². The van der Waals surface area contributed by atoms with Crippen LogP contribution in [-0.2, 0) is 10.0 Å². The molecule has 0 fully saturated rings. The van der Waals surface area contributed by atoms with Gasteiger partial charge in [-0.2, -0.15) is 0 Å². The maximum absolute atomic E-state index is 12.0. The molecule has 0 aliphatic carbocycles. The van der Waals surface area contributed by atoms with Gasteiger partial charge in [0.1, 0.15) is 0 Å². The number of hydrogen-bond donors (Lipinski definition) is 2. The van der Waals surface area contributed by atoms with E-state index < -0.39 is 10.0 Å². The Morgan fingerprint density at radius 1 is 1.15 bits per heavy atom. The monoisotopic (exact) mass is 298 g/mol. The van der Waals surface area contributed by atoms with Gasteiger partial charge in [0.05, 0.1) is 4.90 Å². The highest BCUT2D eigenvalue weighted by Crippen LogP contribution is 2.11. The lowest BCUT2D eigenvalue weighted by atomic mass is 10.2. The zero-order valence-electron chi connectivity index (χ0n) is 12.3. The van der Waals surface area contributed by atoms with Crippen LogP contribution < -0.4 is 10.0 Å². The first-order valence-electron chi connectivity index (χ1n) is 6.69. The average Bonchev–Trinajstić information content (AvgIpc) is 2.37. The van der Waals surface area contributed by atoms with Crippen LogP contribution in [0.25, 0.3) is 0 Å². The molecule has 0 aromatic heterocycles. The molecule has 0 radical (unpaired) electrons. The third-order valence-electron chi connectivity index (χ3n) is 2.82. The van der Waals surface area contributed by atoms with E-state index in [9.17, 15) is 13.2 Å². The second-order valence-corrected chi connectivity index (χ2v) is 6.80. The molecule has 1 unspecified atom stereocenters. The summed E-state index contributed by atoms with van der Waals surface area (Å²) in [6, 6.07) is 5.84. The minimum absolute atomic E-state index is 0.0398. The van der Waals surface area contributed by atoms with Crippen LogP contribution in [0.5, 0.6) is 0 Å². The van der Waals surface area contributed by atoms with Crippen LogP contribution in [0.2, 0.25) is 0 Å². The van der Waals surface area contributed by atoms with E-state index in [1.54, 1.807) is 0 Å². The van der Waals surface area contributed by atoms with Gasteiger partial charge in [0.15, 0.2) is 0 Å². The summed E-state index contributed by atoms with van der Waals surface area (Å²) in [6.45, 7) is 7.45. The normalized spacial score (nSPS) is 13.2. The molecule has 0 saturated heterocycles. The van der Waals surface area contributed by atoms with Crippen LogP contribution in [0, 0.1) is 0 Å². The van der Waals surface area contributed by atoms with E-state index in [2.05, 4.69) is 10.0 Å². The maximum Gasteiger partial charge on any atom is 0.251 e. The van der Waals surface area contributed by atoms with E-state index in [0.717, 1.165) is 0 Å². The van der Waals surface area contributed by atoms with Crippen molar-refractivity contribution in [3.8, 4) is 0 Å². The first kappa shape index (κ1) is 16.7. The summed E-state index contributed by atoms with van der Waals surface area (Å²) in [5.74, 6) is -0.209. The van der Waals surface area contributed by atoms with E-state index in [1.807, 2.05) is 27.7 Å². The lowest BCUT2D eigenvalue weighted by Crippen LogP contribution is -2.32. The van der Waals surface area contributed by atoms with Crippen molar-refractivity contribution in [3.05, 3.63) is 29.8 Å². The summed E-state index contributed by atoms with van der Waals surface area (Å²) < 4.78 is 26.7. The molecule has 1 rings (SSSR count). The number of benzene rings is 1. The molecule has 112 valence electrons. The zero-order chi connectivity index (χ0) is 15.3. The van der Waals surface area contributed by atoms with E-state index >= 15 is 0 Å². The number of carbonyl (C=O) groups excluding carboxylic acids is 1. The van der Waals surface area contributed by atoms with Gasteiger partial charge in [-0.05, 0) is 51.5 Å². The lowest BCUT2D eigenvalue weighted by Gasteiger charge is -2.12. The van der Waals surface area contributed by atoms with Gasteiger partial charge in [0.2, 0.25) is 10.0 Å². The average molecular weight is 298 g/mol. The Bertz CT molecular complexity index is 550. The van der Waals surface area contributed by atoms with Gasteiger partial charge in [-0.1, -0.05) is 6.92 Å². The molecule has 5 nitrogen and oxygen atoms in total. The van der Waals surface area contributed by atoms with Crippen molar-refractivity contribution in [2.45, 2.75) is 51.1 Å². The highest BCUT2D eigenvalue weighted by atomic mass is 32.2. The number of carbonyl (C=O) groups is 1. The van der Waals surface area contributed by atoms with Gasteiger partial charge < -0.3 is 5.32 Å². The SMILES string of the molecule is CCC(C)NS(=O)(=O)c1ccc(C(=O)NC(C)C)cc1. The lowest BCUT2D eigenvalue weighted by molar-refractivity contribution is 0.0943. The molecule has 0 heterocycles. The third-order valence-corrected chi connectivity index (χ3v) is 4.42. The van der Waals surface area contributed by atoms with E-state index in [1.165, 1.54) is 24.3 Å². The standard InChI is InChI=1S/C14H22N2O3S/c1-5-11(4)16-20(18,19)13-8-6-12(7-9-13)14(17)15-10(2)3/h6-11,16H,5H2,1-4H3,(H,15,17). The van der Waals surface area contributed by atoms with Gasteiger partial charge in [0.25, 0.3) is 5.91 Å². The Morgan fingerprint density at radius 2 is 1.70 bits per heavy atom. The summed E-state index contributed by atoms with van der Waals surface area (Å²) in [6.07, 6.45) is 0.716. The van der Waals surface area contributed by atoms with Crippen molar-refractivity contribution in [3.63, 3.8) is 0 Å². The molecule has 20 heavy (non-hydrogen) atoms. The van der Waals surface area contributed by atoms with Gasteiger partial charge in [-0.3, -0.25) is 4.79 Å². The van der Waals surface area contributed by atoms with Crippen LogP contribution in [-0.4, -0.2) is 26.4 Å². The van der Waals surface area contributed by atoms with Gasteiger partial charge in [0, 0.05) is 17.6 Å². The quantitative estimate of drug-likeness (QED) is 0.842. The van der Waals surface area contributed by atoms with Gasteiger partial charge in [-0.15, -0.1) is 0 Å². The zero-order valence-corrected chi connectivity index (χ0v) is 13.1. The molecular formula is C14H22N2O3S.